The highest BCUT2D eigenvalue weighted by molar-refractivity contribution is 9.10. The van der Waals surface area contributed by atoms with Gasteiger partial charge in [0.15, 0.2) is 0 Å². The Morgan fingerprint density at radius 3 is 2.79 bits per heavy atom. The number of benzene rings is 1. The van der Waals surface area contributed by atoms with Crippen molar-refractivity contribution in [1.82, 2.24) is 0 Å². The van der Waals surface area contributed by atoms with Crippen LogP contribution in [0, 0.1) is 10.1 Å². The van der Waals surface area contributed by atoms with E-state index in [1.165, 1.54) is 23.6 Å². The number of nitrogens with zero attached hydrogens (tertiary/aromatic N) is 1. The Morgan fingerprint density at radius 1 is 1.47 bits per heavy atom. The molecule has 0 spiro atoms. The van der Waals surface area contributed by atoms with Crippen LogP contribution in [-0.4, -0.2) is 16.0 Å². The molecular formula is C11H6BrNO5S. The first kappa shape index (κ1) is 13.5. The van der Waals surface area contributed by atoms with Crippen molar-refractivity contribution in [2.45, 2.75) is 0 Å². The van der Waals surface area contributed by atoms with Gasteiger partial charge in [-0.3, -0.25) is 10.1 Å². The van der Waals surface area contributed by atoms with Gasteiger partial charge >= 0.3 is 5.97 Å². The lowest BCUT2D eigenvalue weighted by molar-refractivity contribution is -0.385. The number of thiophene rings is 1. The topological polar surface area (TPSA) is 89.7 Å². The minimum absolute atomic E-state index is 0.119. The number of hydrogen-bond acceptors (Lipinski definition) is 5. The smallest absolute Gasteiger partial charge is 0.346 e. The van der Waals surface area contributed by atoms with E-state index in [1.54, 1.807) is 6.07 Å². The van der Waals surface area contributed by atoms with Crippen LogP contribution >= 0.6 is 27.3 Å². The second kappa shape index (κ2) is 5.37. The fourth-order valence-electron chi connectivity index (χ4n) is 1.33. The molecule has 0 aliphatic rings. The first-order valence-electron chi connectivity index (χ1n) is 4.91. The van der Waals surface area contributed by atoms with E-state index in [2.05, 4.69) is 15.9 Å². The molecule has 0 amide bonds. The first-order valence-corrected chi connectivity index (χ1v) is 6.59. The number of nitro groups is 1. The van der Waals surface area contributed by atoms with Crippen molar-refractivity contribution >= 4 is 38.9 Å². The van der Waals surface area contributed by atoms with Crippen LogP contribution in [-0.2, 0) is 0 Å². The average molecular weight is 344 g/mol. The number of hydrogen-bond donors (Lipinski definition) is 1. The van der Waals surface area contributed by atoms with E-state index >= 15 is 0 Å². The van der Waals surface area contributed by atoms with Crippen molar-refractivity contribution < 1.29 is 19.6 Å². The predicted molar refractivity (Wildman–Crippen MR) is 72.1 cm³/mol. The fourth-order valence-corrected chi connectivity index (χ4v) is 2.46. The molecule has 2 aromatic rings. The van der Waals surface area contributed by atoms with Crippen molar-refractivity contribution in [3.05, 3.63) is 49.1 Å². The maximum absolute atomic E-state index is 10.8. The summed E-state index contributed by atoms with van der Waals surface area (Å²) >= 11 is 4.12. The molecule has 0 saturated heterocycles. The Labute approximate surface area is 119 Å². The molecule has 1 aromatic carbocycles. The number of halogens is 1. The lowest BCUT2D eigenvalue weighted by Gasteiger charge is -2.05. The van der Waals surface area contributed by atoms with Crippen LogP contribution in [0.3, 0.4) is 0 Å². The lowest BCUT2D eigenvalue weighted by Crippen LogP contribution is -1.92. The molecule has 8 heteroatoms. The largest absolute Gasteiger partial charge is 0.477 e. The maximum Gasteiger partial charge on any atom is 0.346 e. The number of carbonyl (C=O) groups is 1. The highest BCUT2D eigenvalue weighted by atomic mass is 79.9. The van der Waals surface area contributed by atoms with Crippen molar-refractivity contribution in [2.75, 3.05) is 0 Å². The van der Waals surface area contributed by atoms with E-state index in [9.17, 15) is 14.9 Å². The van der Waals surface area contributed by atoms with Gasteiger partial charge in [0.2, 0.25) is 0 Å². The van der Waals surface area contributed by atoms with Crippen molar-refractivity contribution in [3.8, 4) is 11.5 Å². The Balaban J connectivity index is 2.30. The number of rotatable bonds is 4. The van der Waals surface area contributed by atoms with Gasteiger partial charge in [-0.25, -0.2) is 4.79 Å². The summed E-state index contributed by atoms with van der Waals surface area (Å²) in [5.74, 6) is -0.467. The molecule has 1 N–H and O–H groups in total. The highest BCUT2D eigenvalue weighted by Crippen LogP contribution is 2.37. The predicted octanol–water partition coefficient (Wildman–Crippen LogP) is 3.91. The molecule has 0 fully saturated rings. The highest BCUT2D eigenvalue weighted by Gasteiger charge is 2.17. The van der Waals surface area contributed by atoms with Gasteiger partial charge < -0.3 is 9.84 Å². The summed E-state index contributed by atoms with van der Waals surface area (Å²) < 4.78 is 5.64. The average Bonchev–Trinajstić information content (AvgIpc) is 2.80. The molecule has 1 aromatic heterocycles. The molecular weight excluding hydrogens is 338 g/mol. The van der Waals surface area contributed by atoms with E-state index in [4.69, 9.17) is 9.84 Å². The van der Waals surface area contributed by atoms with Gasteiger partial charge in [0.25, 0.3) is 5.69 Å². The van der Waals surface area contributed by atoms with Gasteiger partial charge in [0.05, 0.1) is 4.92 Å². The Kier molecular flexibility index (Phi) is 3.82. The summed E-state index contributed by atoms with van der Waals surface area (Å²) in [4.78, 5) is 21.1. The summed E-state index contributed by atoms with van der Waals surface area (Å²) in [5, 5.41) is 21.1. The quantitative estimate of drug-likeness (QED) is 0.671. The van der Waals surface area contributed by atoms with Crippen LogP contribution in [0.2, 0.25) is 0 Å². The minimum Gasteiger partial charge on any atom is -0.477 e. The summed E-state index contributed by atoms with van der Waals surface area (Å²) in [5.41, 5.74) is -0.119. The SMILES string of the molecule is O=C(O)c1cc(Oc2cccc([N+](=O)[O-])c2Br)cs1. The molecule has 0 aliphatic heterocycles. The summed E-state index contributed by atoms with van der Waals surface area (Å²) in [7, 11) is 0. The van der Waals surface area contributed by atoms with E-state index in [-0.39, 0.29) is 20.8 Å². The van der Waals surface area contributed by atoms with Crippen LogP contribution in [0.25, 0.3) is 0 Å². The van der Waals surface area contributed by atoms with E-state index in [0.29, 0.717) is 5.75 Å². The molecule has 0 saturated carbocycles. The molecule has 2 rings (SSSR count). The van der Waals surface area contributed by atoms with Gasteiger partial charge in [-0.1, -0.05) is 6.07 Å². The second-order valence-corrected chi connectivity index (χ2v) is 5.10. The Morgan fingerprint density at radius 2 is 2.21 bits per heavy atom. The zero-order chi connectivity index (χ0) is 14.0. The van der Waals surface area contributed by atoms with Gasteiger partial charge in [-0.2, -0.15) is 0 Å². The first-order chi connectivity index (χ1) is 8.99. The number of ether oxygens (including phenoxy) is 1. The van der Waals surface area contributed by atoms with Crippen molar-refractivity contribution in [2.24, 2.45) is 0 Å². The molecule has 6 nitrogen and oxygen atoms in total. The zero-order valence-corrected chi connectivity index (χ0v) is 11.6. The van der Waals surface area contributed by atoms with Crippen molar-refractivity contribution in [1.29, 1.82) is 0 Å². The molecule has 1 heterocycles. The number of aromatic carboxylic acids is 1. The minimum atomic E-state index is -1.04. The standard InChI is InChI=1S/C11H6BrNO5S/c12-10-7(13(16)17)2-1-3-8(10)18-6-4-9(11(14)15)19-5-6/h1-5H,(H,14,15). The molecule has 98 valence electrons. The summed E-state index contributed by atoms with van der Waals surface area (Å²) in [6.45, 7) is 0. The lowest BCUT2D eigenvalue weighted by atomic mass is 10.3. The van der Waals surface area contributed by atoms with Crippen LogP contribution in [0.4, 0.5) is 5.69 Å². The third-order valence-electron chi connectivity index (χ3n) is 2.15. The van der Waals surface area contributed by atoms with E-state index < -0.39 is 10.9 Å². The third-order valence-corrected chi connectivity index (χ3v) is 3.85. The number of nitro benzene ring substituents is 1. The molecule has 19 heavy (non-hydrogen) atoms. The molecule has 0 unspecified atom stereocenters. The van der Waals surface area contributed by atoms with Gasteiger partial charge in [0.1, 0.15) is 20.8 Å². The molecule has 0 atom stereocenters. The van der Waals surface area contributed by atoms with Gasteiger partial charge in [-0.15, -0.1) is 11.3 Å². The summed E-state index contributed by atoms with van der Waals surface area (Å²) in [6, 6.07) is 5.74. The molecule has 0 radical (unpaired) electrons. The Hall–Kier alpha value is -1.93. The molecule has 0 aliphatic carbocycles. The van der Waals surface area contributed by atoms with Crippen molar-refractivity contribution in [3.63, 3.8) is 0 Å². The number of carboxylic acids is 1. The Bertz CT molecular complexity index is 654. The van der Waals surface area contributed by atoms with Crippen LogP contribution in [0.15, 0.2) is 34.1 Å². The fraction of sp³-hybridized carbons (Fsp3) is 0. The molecule has 0 bridgehead atoms. The third kappa shape index (κ3) is 2.91. The normalized spacial score (nSPS) is 10.2. The number of carboxylic acid groups (broad SMARTS) is 1. The maximum atomic E-state index is 10.8. The summed E-state index contributed by atoms with van der Waals surface area (Å²) in [6.07, 6.45) is 0. The van der Waals surface area contributed by atoms with E-state index in [0.717, 1.165) is 11.3 Å². The van der Waals surface area contributed by atoms with Crippen LogP contribution in [0.1, 0.15) is 9.67 Å². The van der Waals surface area contributed by atoms with Crippen LogP contribution < -0.4 is 4.74 Å². The van der Waals surface area contributed by atoms with Crippen LogP contribution in [0.5, 0.6) is 11.5 Å². The van der Waals surface area contributed by atoms with Gasteiger partial charge in [-0.05, 0) is 22.0 Å². The monoisotopic (exact) mass is 343 g/mol. The van der Waals surface area contributed by atoms with Gasteiger partial charge in [0, 0.05) is 17.5 Å². The van der Waals surface area contributed by atoms with E-state index in [1.807, 2.05) is 0 Å². The zero-order valence-electron chi connectivity index (χ0n) is 9.20. The second-order valence-electron chi connectivity index (χ2n) is 3.40.